The van der Waals surface area contributed by atoms with Crippen LogP contribution in [-0.2, 0) is 22.6 Å². The number of ether oxygens (including phenoxy) is 1. The van der Waals surface area contributed by atoms with Gasteiger partial charge in [0, 0.05) is 20.0 Å². The summed E-state index contributed by atoms with van der Waals surface area (Å²) < 4.78 is 5.69. The van der Waals surface area contributed by atoms with Crippen LogP contribution in [-0.4, -0.2) is 47.7 Å². The van der Waals surface area contributed by atoms with E-state index < -0.39 is 18.0 Å². The molecule has 21 heavy (non-hydrogen) atoms. The number of hydrogen-bond donors (Lipinski definition) is 2. The molecular formula is C15H20N2O4. The molecule has 0 radical (unpaired) electrons. The van der Waals surface area contributed by atoms with Crippen LogP contribution < -0.4 is 5.32 Å². The molecule has 1 aliphatic heterocycles. The van der Waals surface area contributed by atoms with Crippen molar-refractivity contribution in [2.45, 2.75) is 32.1 Å². The number of fused-ring (bicyclic) bond motifs is 1. The highest BCUT2D eigenvalue weighted by atomic mass is 16.5. The second-order valence-electron chi connectivity index (χ2n) is 5.22. The normalized spacial score (nSPS) is 18.5. The number of hydrogen-bond acceptors (Lipinski definition) is 3. The Bertz CT molecular complexity index is 532. The number of nitrogens with zero attached hydrogens (tertiary/aromatic N) is 1. The van der Waals surface area contributed by atoms with Crippen molar-refractivity contribution in [1.82, 2.24) is 10.2 Å². The SMILES string of the molecule is C[C@H](C(=O)O)N(C)C(=O)NC[C@@H]1Cc2ccccc2CO1. The minimum atomic E-state index is -1.03. The molecule has 1 aromatic rings. The van der Waals surface area contributed by atoms with Gasteiger partial charge in [-0.1, -0.05) is 24.3 Å². The number of carboxylic acids is 1. The molecule has 2 N–H and O–H groups in total. The highest BCUT2D eigenvalue weighted by Gasteiger charge is 2.23. The number of carbonyl (C=O) groups is 2. The standard InChI is InChI=1S/C15H20N2O4/c1-10(14(18)19)17(2)15(20)16-8-13-7-11-5-3-4-6-12(11)9-21-13/h3-6,10,13H,7-9H2,1-2H3,(H,16,20)(H,18,19)/t10-,13+/m1/s1. The fourth-order valence-corrected chi connectivity index (χ4v) is 2.21. The Morgan fingerprint density at radius 3 is 2.76 bits per heavy atom. The third-order valence-corrected chi connectivity index (χ3v) is 3.78. The Labute approximate surface area is 123 Å². The Kier molecular flexibility index (Phi) is 4.80. The number of carbonyl (C=O) groups excluding carboxylic acids is 1. The lowest BCUT2D eigenvalue weighted by Crippen LogP contribution is -2.48. The van der Waals surface area contributed by atoms with Crippen molar-refractivity contribution in [2.75, 3.05) is 13.6 Å². The van der Waals surface area contributed by atoms with E-state index in [0.29, 0.717) is 13.2 Å². The van der Waals surface area contributed by atoms with Gasteiger partial charge in [0.15, 0.2) is 0 Å². The maximum atomic E-state index is 11.9. The first-order chi connectivity index (χ1) is 9.99. The molecule has 0 fully saturated rings. The van der Waals surface area contributed by atoms with E-state index in [4.69, 9.17) is 9.84 Å². The maximum Gasteiger partial charge on any atom is 0.326 e. The summed E-state index contributed by atoms with van der Waals surface area (Å²) in [4.78, 5) is 23.9. The zero-order valence-electron chi connectivity index (χ0n) is 12.2. The van der Waals surface area contributed by atoms with Crippen LogP contribution in [0.1, 0.15) is 18.1 Å². The molecular weight excluding hydrogens is 272 g/mol. The molecule has 114 valence electrons. The molecule has 0 bridgehead atoms. The molecule has 6 nitrogen and oxygen atoms in total. The molecule has 0 saturated carbocycles. The van der Waals surface area contributed by atoms with E-state index in [1.54, 1.807) is 0 Å². The molecule has 0 saturated heterocycles. The van der Waals surface area contributed by atoms with Crippen LogP contribution in [0.25, 0.3) is 0 Å². The van der Waals surface area contributed by atoms with Gasteiger partial charge in [-0.25, -0.2) is 9.59 Å². The molecule has 2 amide bonds. The fraction of sp³-hybridized carbons (Fsp3) is 0.467. The number of urea groups is 1. The van der Waals surface area contributed by atoms with Crippen LogP contribution in [0.5, 0.6) is 0 Å². The van der Waals surface area contributed by atoms with Gasteiger partial charge in [-0.05, 0) is 18.1 Å². The predicted molar refractivity (Wildman–Crippen MR) is 77.0 cm³/mol. The van der Waals surface area contributed by atoms with Gasteiger partial charge in [0.25, 0.3) is 0 Å². The fourth-order valence-electron chi connectivity index (χ4n) is 2.21. The van der Waals surface area contributed by atoms with Crippen molar-refractivity contribution < 1.29 is 19.4 Å². The quantitative estimate of drug-likeness (QED) is 0.875. The third-order valence-electron chi connectivity index (χ3n) is 3.78. The van der Waals surface area contributed by atoms with E-state index in [0.717, 1.165) is 6.42 Å². The molecule has 0 spiro atoms. The predicted octanol–water partition coefficient (Wildman–Crippen LogP) is 1.24. The van der Waals surface area contributed by atoms with Gasteiger partial charge in [-0.3, -0.25) is 0 Å². The summed E-state index contributed by atoms with van der Waals surface area (Å²) >= 11 is 0. The lowest BCUT2D eigenvalue weighted by molar-refractivity contribution is -0.141. The van der Waals surface area contributed by atoms with Gasteiger partial charge in [0.2, 0.25) is 0 Å². The third kappa shape index (κ3) is 3.72. The Morgan fingerprint density at radius 2 is 2.10 bits per heavy atom. The first-order valence-corrected chi connectivity index (χ1v) is 6.91. The van der Waals surface area contributed by atoms with E-state index in [1.165, 1.54) is 30.0 Å². The summed E-state index contributed by atoms with van der Waals surface area (Å²) in [6.07, 6.45) is 0.659. The van der Waals surface area contributed by atoms with Gasteiger partial charge >= 0.3 is 12.0 Å². The van der Waals surface area contributed by atoms with Gasteiger partial charge in [0.05, 0.1) is 12.7 Å². The van der Waals surface area contributed by atoms with Crippen molar-refractivity contribution in [1.29, 1.82) is 0 Å². The lowest BCUT2D eigenvalue weighted by atomic mass is 9.99. The Hall–Kier alpha value is -2.08. The van der Waals surface area contributed by atoms with Crippen LogP contribution in [0.4, 0.5) is 4.79 Å². The van der Waals surface area contributed by atoms with Gasteiger partial charge < -0.3 is 20.1 Å². The summed E-state index contributed by atoms with van der Waals surface area (Å²) in [7, 11) is 1.46. The number of benzene rings is 1. The van der Waals surface area contributed by atoms with Crippen LogP contribution in [0, 0.1) is 0 Å². The summed E-state index contributed by atoms with van der Waals surface area (Å²) in [5.74, 6) is -1.03. The van der Waals surface area contributed by atoms with Gasteiger partial charge in [-0.2, -0.15) is 0 Å². The van der Waals surface area contributed by atoms with E-state index in [2.05, 4.69) is 11.4 Å². The van der Waals surface area contributed by atoms with Crippen molar-refractivity contribution in [2.24, 2.45) is 0 Å². The summed E-state index contributed by atoms with van der Waals surface area (Å²) in [5, 5.41) is 11.6. The van der Waals surface area contributed by atoms with Crippen molar-refractivity contribution >= 4 is 12.0 Å². The largest absolute Gasteiger partial charge is 0.480 e. The van der Waals surface area contributed by atoms with Crippen molar-refractivity contribution in [3.8, 4) is 0 Å². The highest BCUT2D eigenvalue weighted by Crippen LogP contribution is 2.19. The summed E-state index contributed by atoms with van der Waals surface area (Å²) in [6.45, 7) is 2.37. The number of likely N-dealkylation sites (N-methyl/N-ethyl adjacent to an activating group) is 1. The number of aliphatic carboxylic acids is 1. The monoisotopic (exact) mass is 292 g/mol. The molecule has 0 unspecified atom stereocenters. The molecule has 0 aromatic heterocycles. The van der Waals surface area contributed by atoms with E-state index in [1.807, 2.05) is 18.2 Å². The topological polar surface area (TPSA) is 78.9 Å². The lowest BCUT2D eigenvalue weighted by Gasteiger charge is -2.27. The zero-order chi connectivity index (χ0) is 15.4. The molecule has 1 heterocycles. The zero-order valence-corrected chi connectivity index (χ0v) is 12.2. The van der Waals surface area contributed by atoms with E-state index in [-0.39, 0.29) is 6.10 Å². The molecule has 1 aliphatic rings. The van der Waals surface area contributed by atoms with E-state index in [9.17, 15) is 9.59 Å². The van der Waals surface area contributed by atoms with E-state index >= 15 is 0 Å². The smallest absolute Gasteiger partial charge is 0.326 e. The Morgan fingerprint density at radius 1 is 1.43 bits per heavy atom. The summed E-state index contributed by atoms with van der Waals surface area (Å²) in [6, 6.07) is 6.79. The van der Waals surface area contributed by atoms with Gasteiger partial charge in [0.1, 0.15) is 6.04 Å². The minimum absolute atomic E-state index is 0.0858. The van der Waals surface area contributed by atoms with Crippen molar-refractivity contribution in [3.05, 3.63) is 35.4 Å². The first kappa shape index (κ1) is 15.3. The van der Waals surface area contributed by atoms with Crippen LogP contribution in [0.3, 0.4) is 0 Å². The van der Waals surface area contributed by atoms with Crippen LogP contribution >= 0.6 is 0 Å². The Balaban J connectivity index is 1.84. The second kappa shape index (κ2) is 6.58. The first-order valence-electron chi connectivity index (χ1n) is 6.91. The molecule has 2 rings (SSSR count). The maximum absolute atomic E-state index is 11.9. The number of carboxylic acid groups (broad SMARTS) is 1. The molecule has 1 aromatic carbocycles. The average Bonchev–Trinajstić information content (AvgIpc) is 2.50. The van der Waals surface area contributed by atoms with Crippen LogP contribution in [0.15, 0.2) is 24.3 Å². The van der Waals surface area contributed by atoms with Gasteiger partial charge in [-0.15, -0.1) is 0 Å². The molecule has 2 atom stereocenters. The molecule has 0 aliphatic carbocycles. The second-order valence-corrected chi connectivity index (χ2v) is 5.22. The van der Waals surface area contributed by atoms with Crippen molar-refractivity contribution in [3.63, 3.8) is 0 Å². The number of nitrogens with one attached hydrogen (secondary N) is 1. The minimum Gasteiger partial charge on any atom is -0.480 e. The number of rotatable bonds is 4. The highest BCUT2D eigenvalue weighted by molar-refractivity contribution is 5.82. The summed E-state index contributed by atoms with van der Waals surface area (Å²) in [5.41, 5.74) is 2.41. The molecule has 6 heteroatoms. The average molecular weight is 292 g/mol. The number of amides is 2. The van der Waals surface area contributed by atoms with Crippen LogP contribution in [0.2, 0.25) is 0 Å².